The van der Waals surface area contributed by atoms with Crippen LogP contribution in [0.15, 0.2) is 181 Å². The predicted molar refractivity (Wildman–Crippen MR) is 208 cm³/mol. The molecule has 0 saturated carbocycles. The molecular weight excluding hydrogens is 607 g/mol. The highest BCUT2D eigenvalue weighted by molar-refractivity contribution is 6.16. The van der Waals surface area contributed by atoms with Gasteiger partial charge in [-0.2, -0.15) is 0 Å². The van der Waals surface area contributed by atoms with E-state index in [1.54, 1.807) is 0 Å². The third-order valence-electron chi connectivity index (χ3n) is 10.2. The number of rotatable bonds is 4. The molecule has 3 heteroatoms. The molecule has 50 heavy (non-hydrogen) atoms. The Labute approximate surface area is 290 Å². The molecule has 6 aromatic carbocycles. The molecule has 0 bridgehead atoms. The van der Waals surface area contributed by atoms with Gasteiger partial charge in [0, 0.05) is 39.0 Å². The van der Waals surface area contributed by atoms with Crippen molar-refractivity contribution in [1.82, 2.24) is 9.97 Å². The summed E-state index contributed by atoms with van der Waals surface area (Å²) in [5.41, 5.74) is 13.0. The first-order valence-electron chi connectivity index (χ1n) is 17.2. The minimum absolute atomic E-state index is 0.0421. The van der Waals surface area contributed by atoms with Crippen LogP contribution in [0.4, 0.5) is 0 Å². The van der Waals surface area contributed by atoms with Crippen LogP contribution in [-0.2, 0) is 0 Å². The fourth-order valence-corrected chi connectivity index (χ4v) is 7.88. The zero-order valence-electron chi connectivity index (χ0n) is 27.2. The number of nitrogens with zero attached hydrogens (tertiary/aromatic N) is 3. The lowest BCUT2D eigenvalue weighted by molar-refractivity contribution is 0.717. The molecule has 8 aromatic rings. The monoisotopic (exact) mass is 637 g/mol. The van der Waals surface area contributed by atoms with Gasteiger partial charge in [-0.05, 0) is 39.6 Å². The van der Waals surface area contributed by atoms with E-state index in [0.29, 0.717) is 0 Å². The minimum atomic E-state index is -0.147. The van der Waals surface area contributed by atoms with Gasteiger partial charge in [-0.15, -0.1) is 0 Å². The molecule has 0 spiro atoms. The number of benzene rings is 6. The molecule has 0 saturated heterocycles. The summed E-state index contributed by atoms with van der Waals surface area (Å²) in [6.45, 7) is 0. The van der Waals surface area contributed by atoms with E-state index in [2.05, 4.69) is 170 Å². The molecule has 2 atom stereocenters. The molecule has 3 nitrogen and oxygen atoms in total. The van der Waals surface area contributed by atoms with Crippen LogP contribution in [0.2, 0.25) is 0 Å². The van der Waals surface area contributed by atoms with Crippen molar-refractivity contribution in [3.05, 3.63) is 198 Å². The summed E-state index contributed by atoms with van der Waals surface area (Å²) < 4.78 is 0. The van der Waals surface area contributed by atoms with Crippen LogP contribution in [0, 0.1) is 0 Å². The van der Waals surface area contributed by atoms with Crippen molar-refractivity contribution in [2.45, 2.75) is 12.0 Å². The van der Waals surface area contributed by atoms with Crippen LogP contribution in [0.3, 0.4) is 0 Å². The highest BCUT2D eigenvalue weighted by atomic mass is 14.9. The van der Waals surface area contributed by atoms with E-state index in [1.165, 1.54) is 33.0 Å². The maximum Gasteiger partial charge on any atom is 0.0972 e. The summed E-state index contributed by atoms with van der Waals surface area (Å²) in [5, 5.41) is 4.64. The standard InChI is InChI=1S/C47H31N3/c1-3-13-31(14-4-1)41-28-26-33-24-25-34-27-29-42(49-46(34)45(33)48-41)38-21-11-23-40-43-37(36-19-9-17-30-12-7-8-18-35(30)36)20-10-22-39(43)44(50-47(38)40)32-15-5-2-6-16-32/h1-29,40,47H. The van der Waals surface area contributed by atoms with Crippen LogP contribution >= 0.6 is 0 Å². The highest BCUT2D eigenvalue weighted by Crippen LogP contribution is 2.46. The van der Waals surface area contributed by atoms with Gasteiger partial charge < -0.3 is 0 Å². The Bertz CT molecular complexity index is 2700. The van der Waals surface area contributed by atoms with Gasteiger partial charge in [0.1, 0.15) is 0 Å². The minimum Gasteiger partial charge on any atom is -0.275 e. The maximum absolute atomic E-state index is 5.61. The van der Waals surface area contributed by atoms with Gasteiger partial charge in [0.05, 0.1) is 34.2 Å². The molecule has 0 fully saturated rings. The maximum atomic E-state index is 5.61. The normalized spacial score (nSPS) is 16.6. The van der Waals surface area contributed by atoms with Crippen LogP contribution in [-0.4, -0.2) is 21.7 Å². The van der Waals surface area contributed by atoms with E-state index in [4.69, 9.17) is 15.0 Å². The van der Waals surface area contributed by atoms with E-state index in [9.17, 15) is 0 Å². The number of allylic oxidation sites excluding steroid dienone is 2. The molecular formula is C47H31N3. The van der Waals surface area contributed by atoms with Crippen molar-refractivity contribution in [2.75, 3.05) is 0 Å². The van der Waals surface area contributed by atoms with Crippen LogP contribution in [0.5, 0.6) is 0 Å². The Morgan fingerprint density at radius 1 is 0.440 bits per heavy atom. The lowest BCUT2D eigenvalue weighted by Gasteiger charge is -2.35. The molecule has 2 aromatic heterocycles. The predicted octanol–water partition coefficient (Wildman–Crippen LogP) is 11.2. The second-order valence-electron chi connectivity index (χ2n) is 13.1. The lowest BCUT2D eigenvalue weighted by atomic mass is 9.73. The average Bonchev–Trinajstić information content (AvgIpc) is 3.20. The summed E-state index contributed by atoms with van der Waals surface area (Å²) >= 11 is 0. The number of fused-ring (bicyclic) bond motifs is 7. The Morgan fingerprint density at radius 2 is 1.04 bits per heavy atom. The van der Waals surface area contributed by atoms with Crippen molar-refractivity contribution in [3.8, 4) is 22.4 Å². The van der Waals surface area contributed by atoms with Crippen LogP contribution in [0.25, 0.3) is 60.5 Å². The Balaban J connectivity index is 1.17. The molecule has 0 N–H and O–H groups in total. The fraction of sp³-hybridized carbons (Fsp3) is 0.0426. The Kier molecular flexibility index (Phi) is 6.63. The first-order valence-corrected chi connectivity index (χ1v) is 17.2. The number of hydrogen-bond donors (Lipinski definition) is 0. The van der Waals surface area contributed by atoms with Crippen molar-refractivity contribution in [1.29, 1.82) is 0 Å². The molecule has 2 aliphatic rings. The zero-order chi connectivity index (χ0) is 33.0. The van der Waals surface area contributed by atoms with Crippen LogP contribution in [0.1, 0.15) is 28.3 Å². The zero-order valence-corrected chi connectivity index (χ0v) is 27.2. The molecule has 1 aliphatic carbocycles. The first-order chi connectivity index (χ1) is 24.8. The smallest absolute Gasteiger partial charge is 0.0972 e. The van der Waals surface area contributed by atoms with Gasteiger partial charge >= 0.3 is 0 Å². The van der Waals surface area contributed by atoms with Gasteiger partial charge in [0.25, 0.3) is 0 Å². The average molecular weight is 638 g/mol. The number of hydrogen-bond acceptors (Lipinski definition) is 3. The largest absolute Gasteiger partial charge is 0.275 e. The summed E-state index contributed by atoms with van der Waals surface area (Å²) in [6, 6.07) is 55.7. The molecule has 0 amide bonds. The first kappa shape index (κ1) is 28.6. The summed E-state index contributed by atoms with van der Waals surface area (Å²) in [4.78, 5) is 16.2. The van der Waals surface area contributed by atoms with Gasteiger partial charge in [0.2, 0.25) is 0 Å². The topological polar surface area (TPSA) is 38.1 Å². The molecule has 2 unspecified atom stereocenters. The SMILES string of the molecule is C1=CC2c3c(cccc3-c3cccc4ccccc34)C(c3ccccc3)=NC2C(c2ccc3ccc4ccc(-c5ccccc5)nc4c3n2)=C1. The second-order valence-corrected chi connectivity index (χ2v) is 13.1. The van der Waals surface area contributed by atoms with E-state index in [-0.39, 0.29) is 12.0 Å². The molecule has 234 valence electrons. The fourth-order valence-electron chi connectivity index (χ4n) is 7.88. The molecule has 1 aliphatic heterocycles. The van der Waals surface area contributed by atoms with Crippen LogP contribution < -0.4 is 0 Å². The summed E-state index contributed by atoms with van der Waals surface area (Å²) in [5.74, 6) is 0.0421. The van der Waals surface area contributed by atoms with E-state index in [1.807, 2.05) is 6.07 Å². The van der Waals surface area contributed by atoms with Gasteiger partial charge in [-0.3, -0.25) is 4.99 Å². The van der Waals surface area contributed by atoms with E-state index in [0.717, 1.165) is 55.6 Å². The molecule has 3 heterocycles. The summed E-state index contributed by atoms with van der Waals surface area (Å²) in [6.07, 6.45) is 6.74. The molecule has 10 rings (SSSR count). The van der Waals surface area contributed by atoms with Crippen molar-refractivity contribution in [3.63, 3.8) is 0 Å². The Hall–Kier alpha value is -6.45. The van der Waals surface area contributed by atoms with Gasteiger partial charge in [-0.1, -0.05) is 164 Å². The number of aliphatic imine (C=N–C) groups is 1. The van der Waals surface area contributed by atoms with E-state index < -0.39 is 0 Å². The lowest BCUT2D eigenvalue weighted by Crippen LogP contribution is -2.29. The van der Waals surface area contributed by atoms with Crippen molar-refractivity contribution >= 4 is 43.9 Å². The van der Waals surface area contributed by atoms with E-state index >= 15 is 0 Å². The number of aromatic nitrogens is 2. The quantitative estimate of drug-likeness (QED) is 0.180. The van der Waals surface area contributed by atoms with Crippen molar-refractivity contribution < 1.29 is 0 Å². The third kappa shape index (κ3) is 4.62. The van der Waals surface area contributed by atoms with Gasteiger partial charge in [0.15, 0.2) is 0 Å². The highest BCUT2D eigenvalue weighted by Gasteiger charge is 2.36. The molecule has 0 radical (unpaired) electrons. The summed E-state index contributed by atoms with van der Waals surface area (Å²) in [7, 11) is 0. The second kappa shape index (κ2) is 11.6. The van der Waals surface area contributed by atoms with Crippen molar-refractivity contribution in [2.24, 2.45) is 4.99 Å². The number of pyridine rings is 2. The third-order valence-corrected chi connectivity index (χ3v) is 10.2. The Morgan fingerprint density at radius 3 is 1.84 bits per heavy atom. The van der Waals surface area contributed by atoms with Gasteiger partial charge in [-0.25, -0.2) is 9.97 Å².